The molecule has 0 saturated carbocycles. The highest BCUT2D eigenvalue weighted by Gasteiger charge is 2.44. The molecule has 6 aliphatic carbocycles. The quantitative estimate of drug-likeness (QED) is 0.126. The van der Waals surface area contributed by atoms with Gasteiger partial charge >= 0.3 is 0 Å². The van der Waals surface area contributed by atoms with Crippen LogP contribution in [0.4, 0.5) is 51.2 Å². The highest BCUT2D eigenvalue weighted by atomic mass is 15.2. The van der Waals surface area contributed by atoms with Crippen molar-refractivity contribution in [2.24, 2.45) is 0 Å². The van der Waals surface area contributed by atoms with Gasteiger partial charge in [-0.2, -0.15) is 0 Å². The van der Waals surface area contributed by atoms with E-state index < -0.39 is 0 Å². The Hall–Kier alpha value is -16.7. The number of hydrogen-bond acceptors (Lipinski definition) is 3. The van der Waals surface area contributed by atoms with Crippen molar-refractivity contribution in [1.82, 2.24) is 0 Å². The lowest BCUT2D eigenvalue weighted by molar-refractivity contribution is 0.658. The maximum atomic E-state index is 2.56. The maximum Gasteiger partial charge on any atom is 0.0546 e. The lowest BCUT2D eigenvalue weighted by atomic mass is 9.81. The van der Waals surface area contributed by atoms with E-state index in [1.54, 1.807) is 0 Å². The third-order valence-electron chi connectivity index (χ3n) is 34.1. The Morgan fingerprint density at radius 1 is 0.131 bits per heavy atom. The first-order valence-electron chi connectivity index (χ1n) is 51.6. The summed E-state index contributed by atoms with van der Waals surface area (Å²) in [4.78, 5) is 7.55. The normalized spacial score (nSPS) is 14.8. The van der Waals surface area contributed by atoms with Gasteiger partial charge in [0.25, 0.3) is 0 Å². The van der Waals surface area contributed by atoms with Crippen LogP contribution in [0.5, 0.6) is 0 Å². The summed E-state index contributed by atoms with van der Waals surface area (Å²) in [7, 11) is 0. The van der Waals surface area contributed by atoms with Crippen molar-refractivity contribution in [3.8, 4) is 77.9 Å². The molecule has 23 aromatic rings. The van der Waals surface area contributed by atoms with Gasteiger partial charge in [0.1, 0.15) is 0 Å². The standard InChI is InChI=1S/C54H41N.2C44H35N/c1-53(2)48-19-11-9-16-43(48)45-27-24-37(31-50(45)53)34-21-22-36-30-39(25-23-35(36)29-34)55(52-32-38-13-5-6-14-41(38)42-15-7-8-18-47(42)52)40-26-28-46-44-17-10-12-20-49(44)54(3,4)51(46)33-40;1-43(2)37-21-11-9-17-32(37)34-25-24-29(27-39(34)43)45(41-26-28-14-5-6-15-30(28)31-16-7-8-19-35(31)41)40-23-13-20-36-33-18-10-12-22-38(33)44(3,4)42(36)40;1-43(2)39-20-12-10-17-34(39)37-26-29(22-24-40(37)43)45(42-25-28-13-5-6-14-31(28)32-15-7-8-18-36(32)42)30-21-23-35-33-16-9-11-19-38(33)44(3,4)41(35)27-30/h5-33H,1-4H3;2*5-27H,1-4H3. The molecule has 0 N–H and O–H groups in total. The van der Waals surface area contributed by atoms with Gasteiger partial charge in [0, 0.05) is 77.1 Å². The molecule has 0 amide bonds. The highest BCUT2D eigenvalue weighted by molar-refractivity contribution is 6.18. The minimum absolute atomic E-state index is 0.0281. The number of anilines is 9. The van der Waals surface area contributed by atoms with Gasteiger partial charge in [-0.3, -0.25) is 0 Å². The molecule has 0 spiro atoms. The summed E-state index contributed by atoms with van der Waals surface area (Å²) in [5.74, 6) is 0. The molecular weight excluding hydrogens is 1750 g/mol. The van der Waals surface area contributed by atoms with Crippen molar-refractivity contribution in [1.29, 1.82) is 0 Å². The molecule has 0 bridgehead atoms. The molecular formula is C142H111N3. The van der Waals surface area contributed by atoms with E-state index in [0.29, 0.717) is 0 Å². The van der Waals surface area contributed by atoms with Crippen molar-refractivity contribution < 1.29 is 0 Å². The number of hydrogen-bond donors (Lipinski definition) is 0. The largest absolute Gasteiger partial charge is 0.310 e. The predicted octanol–water partition coefficient (Wildman–Crippen LogP) is 39.0. The average Bonchev–Trinajstić information content (AvgIpc) is 1.59. The summed E-state index contributed by atoms with van der Waals surface area (Å²) in [5.41, 5.74) is 45.5. The summed E-state index contributed by atoms with van der Waals surface area (Å²) < 4.78 is 0. The lowest BCUT2D eigenvalue weighted by Crippen LogP contribution is -2.21. The fourth-order valence-electron chi connectivity index (χ4n) is 26.7. The maximum absolute atomic E-state index is 2.56. The monoisotopic (exact) mass is 1860 g/mol. The van der Waals surface area contributed by atoms with E-state index in [-0.39, 0.29) is 32.5 Å². The van der Waals surface area contributed by atoms with Crippen LogP contribution >= 0.6 is 0 Å². The first-order valence-corrected chi connectivity index (χ1v) is 51.6. The van der Waals surface area contributed by atoms with Crippen LogP contribution in [0.1, 0.15) is 150 Å². The van der Waals surface area contributed by atoms with Gasteiger partial charge in [-0.15, -0.1) is 0 Å². The first kappa shape index (κ1) is 87.3. The first-order chi connectivity index (χ1) is 70.5. The second-order valence-corrected chi connectivity index (χ2v) is 44.1. The van der Waals surface area contributed by atoms with E-state index in [1.165, 1.54) is 260 Å². The van der Waals surface area contributed by atoms with Crippen molar-refractivity contribution in [3.05, 3.63) is 522 Å². The van der Waals surface area contributed by atoms with Crippen LogP contribution in [0.15, 0.2) is 455 Å². The third-order valence-corrected chi connectivity index (χ3v) is 34.1. The Kier molecular flexibility index (Phi) is 19.5. The predicted molar refractivity (Wildman–Crippen MR) is 617 cm³/mol. The zero-order chi connectivity index (χ0) is 98.1. The second kappa shape index (κ2) is 32.4. The van der Waals surface area contributed by atoms with Crippen molar-refractivity contribution in [2.75, 3.05) is 14.7 Å². The van der Waals surface area contributed by atoms with Crippen LogP contribution in [0.3, 0.4) is 0 Å². The average molecular weight is 1860 g/mol. The van der Waals surface area contributed by atoms with Crippen LogP contribution in [0.25, 0.3) is 153 Å². The molecule has 0 fully saturated rings. The molecule has 145 heavy (non-hydrogen) atoms. The van der Waals surface area contributed by atoms with Crippen LogP contribution in [-0.2, 0) is 32.5 Å². The van der Waals surface area contributed by atoms with Crippen LogP contribution < -0.4 is 14.7 Å². The molecule has 0 aliphatic heterocycles. The van der Waals surface area contributed by atoms with E-state index in [0.717, 1.165) is 11.4 Å². The molecule has 23 aromatic carbocycles. The zero-order valence-corrected chi connectivity index (χ0v) is 84.1. The smallest absolute Gasteiger partial charge is 0.0546 e. The molecule has 0 radical (unpaired) electrons. The fourth-order valence-corrected chi connectivity index (χ4v) is 26.7. The molecule has 3 nitrogen and oxygen atoms in total. The second-order valence-electron chi connectivity index (χ2n) is 44.1. The lowest BCUT2D eigenvalue weighted by Gasteiger charge is -2.34. The molecule has 694 valence electrons. The van der Waals surface area contributed by atoms with Gasteiger partial charge in [-0.25, -0.2) is 0 Å². The zero-order valence-electron chi connectivity index (χ0n) is 84.1. The van der Waals surface area contributed by atoms with Gasteiger partial charge in [-0.05, 0) is 301 Å². The van der Waals surface area contributed by atoms with E-state index in [2.05, 4.69) is 553 Å². The Bertz CT molecular complexity index is 9420. The van der Waals surface area contributed by atoms with Gasteiger partial charge in [0.15, 0.2) is 0 Å². The molecule has 29 rings (SSSR count). The number of rotatable bonds is 10. The van der Waals surface area contributed by atoms with Gasteiger partial charge in [-0.1, -0.05) is 441 Å². The van der Waals surface area contributed by atoms with Crippen molar-refractivity contribution in [2.45, 2.75) is 116 Å². The summed E-state index contributed by atoms with van der Waals surface area (Å²) in [6.45, 7) is 28.4. The summed E-state index contributed by atoms with van der Waals surface area (Å²) in [6.07, 6.45) is 0. The van der Waals surface area contributed by atoms with Crippen molar-refractivity contribution >= 4 is 127 Å². The van der Waals surface area contributed by atoms with Gasteiger partial charge < -0.3 is 14.7 Å². The van der Waals surface area contributed by atoms with Crippen LogP contribution in [0.2, 0.25) is 0 Å². The van der Waals surface area contributed by atoms with E-state index in [9.17, 15) is 0 Å². The highest BCUT2D eigenvalue weighted by Crippen LogP contribution is 2.61. The van der Waals surface area contributed by atoms with E-state index in [4.69, 9.17) is 0 Å². The van der Waals surface area contributed by atoms with Gasteiger partial charge in [0.05, 0.1) is 22.7 Å². The summed E-state index contributed by atoms with van der Waals surface area (Å²) in [6, 6.07) is 170. The minimum Gasteiger partial charge on any atom is -0.310 e. The molecule has 0 saturated heterocycles. The topological polar surface area (TPSA) is 9.72 Å². The minimum atomic E-state index is -0.153. The van der Waals surface area contributed by atoms with E-state index >= 15 is 0 Å². The van der Waals surface area contributed by atoms with Crippen molar-refractivity contribution in [3.63, 3.8) is 0 Å². The Balaban J connectivity index is 0.000000109. The molecule has 0 aromatic heterocycles. The third kappa shape index (κ3) is 13.3. The van der Waals surface area contributed by atoms with Crippen LogP contribution in [-0.4, -0.2) is 0 Å². The molecule has 6 aliphatic rings. The molecule has 3 heteroatoms. The number of benzene rings is 23. The molecule has 0 heterocycles. The van der Waals surface area contributed by atoms with Gasteiger partial charge in [0.2, 0.25) is 0 Å². The number of nitrogens with zero attached hydrogens (tertiary/aromatic N) is 3. The SMILES string of the molecule is CC1(C)c2ccccc2-c2cc(N(c3ccc4c(c3)C(C)(C)c3ccccc3-4)c3cc4ccccc4c4ccccc34)ccc21.CC1(C)c2ccccc2-c2ccc(-c3ccc4cc(N(c5ccc6c(c5)C(C)(C)c5ccccc5-6)c5cc6ccccc6c6ccccc56)ccc4c3)cc21.CC1(C)c2ccccc2-c2ccc(N(c3cccc4c3C(C)(C)c3ccccc3-4)c3cc4ccccc4c4ccccc34)cc21. The Labute approximate surface area is 850 Å². The molecule has 0 atom stereocenters. The summed E-state index contributed by atoms with van der Waals surface area (Å²) >= 11 is 0. The Morgan fingerprint density at radius 2 is 0.386 bits per heavy atom. The molecule has 0 unspecified atom stereocenters. The Morgan fingerprint density at radius 3 is 0.807 bits per heavy atom. The van der Waals surface area contributed by atoms with E-state index in [1.807, 2.05) is 0 Å². The number of fused-ring (bicyclic) bond motifs is 28. The summed E-state index contributed by atoms with van der Waals surface area (Å²) in [5, 5.41) is 17.6. The fraction of sp³-hybridized carbons (Fsp3) is 0.127. The van der Waals surface area contributed by atoms with Crippen LogP contribution in [0, 0.1) is 0 Å².